The maximum absolute atomic E-state index is 12.1. The molecule has 0 aliphatic heterocycles. The lowest BCUT2D eigenvalue weighted by Crippen LogP contribution is -2.24. The highest BCUT2D eigenvalue weighted by molar-refractivity contribution is 5.93. The molecule has 0 atom stereocenters. The molecule has 116 valence electrons. The van der Waals surface area contributed by atoms with Crippen molar-refractivity contribution in [3.8, 4) is 11.5 Å². The van der Waals surface area contributed by atoms with Gasteiger partial charge in [-0.15, -0.1) is 0 Å². The lowest BCUT2D eigenvalue weighted by atomic mass is 10.1. The predicted molar refractivity (Wildman–Crippen MR) is 84.0 cm³/mol. The number of carbonyl (C=O) groups is 1. The first kappa shape index (κ1) is 15.9. The molecule has 0 unspecified atom stereocenters. The molecule has 0 bridgehead atoms. The van der Waals surface area contributed by atoms with Crippen molar-refractivity contribution in [1.82, 2.24) is 0 Å². The third-order valence-corrected chi connectivity index (χ3v) is 2.85. The Morgan fingerprint density at radius 2 is 1.73 bits per heavy atom. The number of hydrogen-bond donors (Lipinski definition) is 1. The van der Waals surface area contributed by atoms with E-state index in [1.807, 2.05) is 30.3 Å². The molecule has 0 aliphatic rings. The van der Waals surface area contributed by atoms with E-state index in [1.165, 1.54) is 6.07 Å². The Morgan fingerprint density at radius 3 is 2.36 bits per heavy atom. The molecule has 22 heavy (non-hydrogen) atoms. The van der Waals surface area contributed by atoms with Crippen molar-refractivity contribution < 1.29 is 19.4 Å². The fourth-order valence-electron chi connectivity index (χ4n) is 1.87. The minimum Gasteiger partial charge on any atom is -0.504 e. The zero-order chi connectivity index (χ0) is 16.2. The number of phenols is 1. The van der Waals surface area contributed by atoms with Gasteiger partial charge in [0.1, 0.15) is 17.8 Å². The molecule has 0 aromatic heterocycles. The van der Waals surface area contributed by atoms with Crippen LogP contribution in [0.3, 0.4) is 0 Å². The smallest absolute Gasteiger partial charge is 0.342 e. The number of aromatic hydroxyl groups is 1. The van der Waals surface area contributed by atoms with E-state index >= 15 is 0 Å². The van der Waals surface area contributed by atoms with Crippen LogP contribution in [0.25, 0.3) is 0 Å². The van der Waals surface area contributed by atoms with Crippen LogP contribution >= 0.6 is 0 Å². The van der Waals surface area contributed by atoms with Gasteiger partial charge < -0.3 is 14.6 Å². The molecule has 0 amide bonds. The molecular weight excluding hydrogens is 280 g/mol. The zero-order valence-electron chi connectivity index (χ0n) is 13.0. The molecule has 0 spiro atoms. The lowest BCUT2D eigenvalue weighted by Gasteiger charge is -2.20. The molecule has 4 nitrogen and oxygen atoms in total. The standard InChI is InChI=1S/C18H20O4/c1-18(2,3)22-17(20)14-10-7-11-15(16(14)19)21-12-13-8-5-4-6-9-13/h4-11,19H,12H2,1-3H3. The summed E-state index contributed by atoms with van der Waals surface area (Å²) in [5.41, 5.74) is 0.454. The molecular formula is C18H20O4. The summed E-state index contributed by atoms with van der Waals surface area (Å²) in [4.78, 5) is 12.1. The fourth-order valence-corrected chi connectivity index (χ4v) is 1.87. The second-order valence-electron chi connectivity index (χ2n) is 5.93. The number of phenolic OH excluding ortho intramolecular Hbond substituents is 1. The van der Waals surface area contributed by atoms with Gasteiger partial charge in [0, 0.05) is 0 Å². The van der Waals surface area contributed by atoms with Crippen LogP contribution in [0, 0.1) is 0 Å². The van der Waals surface area contributed by atoms with Gasteiger partial charge in [-0.1, -0.05) is 36.4 Å². The quantitative estimate of drug-likeness (QED) is 0.869. The monoisotopic (exact) mass is 300 g/mol. The number of ether oxygens (including phenoxy) is 2. The summed E-state index contributed by atoms with van der Waals surface area (Å²) in [6, 6.07) is 14.4. The number of esters is 1. The van der Waals surface area contributed by atoms with Crippen molar-refractivity contribution in [3.05, 3.63) is 59.7 Å². The number of carbonyl (C=O) groups excluding carboxylic acids is 1. The van der Waals surface area contributed by atoms with E-state index in [0.717, 1.165) is 5.56 Å². The molecule has 0 aliphatic carbocycles. The summed E-state index contributed by atoms with van der Waals surface area (Å²) < 4.78 is 10.9. The largest absolute Gasteiger partial charge is 0.504 e. The highest BCUT2D eigenvalue weighted by atomic mass is 16.6. The maximum Gasteiger partial charge on any atom is 0.342 e. The van der Waals surface area contributed by atoms with Crippen LogP contribution in [0.1, 0.15) is 36.7 Å². The number of benzene rings is 2. The van der Waals surface area contributed by atoms with Gasteiger partial charge in [0.05, 0.1) is 0 Å². The van der Waals surface area contributed by atoms with Crippen LogP contribution < -0.4 is 4.74 Å². The Morgan fingerprint density at radius 1 is 1.05 bits per heavy atom. The van der Waals surface area contributed by atoms with Gasteiger partial charge in [0.25, 0.3) is 0 Å². The lowest BCUT2D eigenvalue weighted by molar-refractivity contribution is 0.00661. The van der Waals surface area contributed by atoms with Gasteiger partial charge in [0.2, 0.25) is 0 Å². The molecule has 1 N–H and O–H groups in total. The van der Waals surface area contributed by atoms with Crippen LogP contribution in [-0.4, -0.2) is 16.7 Å². The summed E-state index contributed by atoms with van der Waals surface area (Å²) in [6.45, 7) is 5.64. The van der Waals surface area contributed by atoms with Crippen molar-refractivity contribution in [1.29, 1.82) is 0 Å². The van der Waals surface area contributed by atoms with Crippen LogP contribution in [-0.2, 0) is 11.3 Å². The van der Waals surface area contributed by atoms with Crippen LogP contribution in [0.5, 0.6) is 11.5 Å². The van der Waals surface area contributed by atoms with Gasteiger partial charge in [0.15, 0.2) is 11.5 Å². The summed E-state index contributed by atoms with van der Waals surface area (Å²) in [5.74, 6) is -0.518. The second kappa shape index (κ2) is 6.52. The van der Waals surface area contributed by atoms with Gasteiger partial charge in [-0.2, -0.15) is 0 Å². The number of para-hydroxylation sites is 1. The van der Waals surface area contributed by atoms with Crippen molar-refractivity contribution in [2.75, 3.05) is 0 Å². The summed E-state index contributed by atoms with van der Waals surface area (Å²) in [6.07, 6.45) is 0. The number of rotatable bonds is 4. The summed E-state index contributed by atoms with van der Waals surface area (Å²) in [7, 11) is 0. The first-order chi connectivity index (χ1) is 10.4. The molecule has 0 saturated heterocycles. The van der Waals surface area contributed by atoms with E-state index in [0.29, 0.717) is 6.61 Å². The van der Waals surface area contributed by atoms with E-state index in [4.69, 9.17) is 9.47 Å². The Kier molecular flexibility index (Phi) is 4.71. The van der Waals surface area contributed by atoms with Gasteiger partial charge in [-0.25, -0.2) is 4.79 Å². The Hall–Kier alpha value is -2.49. The zero-order valence-corrected chi connectivity index (χ0v) is 13.0. The van der Waals surface area contributed by atoms with Crippen molar-refractivity contribution in [2.45, 2.75) is 33.0 Å². The third-order valence-electron chi connectivity index (χ3n) is 2.85. The van der Waals surface area contributed by atoms with E-state index in [1.54, 1.807) is 32.9 Å². The molecule has 2 aromatic carbocycles. The molecule has 0 fully saturated rings. The second-order valence-corrected chi connectivity index (χ2v) is 5.93. The minimum atomic E-state index is -0.621. The van der Waals surface area contributed by atoms with Crippen LogP contribution in [0.15, 0.2) is 48.5 Å². The fraction of sp³-hybridized carbons (Fsp3) is 0.278. The van der Waals surface area contributed by atoms with E-state index in [2.05, 4.69) is 0 Å². The van der Waals surface area contributed by atoms with E-state index in [9.17, 15) is 9.90 Å². The SMILES string of the molecule is CC(C)(C)OC(=O)c1cccc(OCc2ccccc2)c1O. The first-order valence-corrected chi connectivity index (χ1v) is 7.09. The topological polar surface area (TPSA) is 55.8 Å². The normalized spacial score (nSPS) is 11.0. The van der Waals surface area contributed by atoms with Crippen molar-refractivity contribution >= 4 is 5.97 Å². The maximum atomic E-state index is 12.1. The predicted octanol–water partition coefficient (Wildman–Crippen LogP) is 3.93. The average molecular weight is 300 g/mol. The van der Waals surface area contributed by atoms with E-state index < -0.39 is 11.6 Å². The molecule has 2 aromatic rings. The van der Waals surface area contributed by atoms with Crippen LogP contribution in [0.4, 0.5) is 0 Å². The van der Waals surface area contributed by atoms with Gasteiger partial charge in [-0.3, -0.25) is 0 Å². The molecule has 4 heteroatoms. The van der Waals surface area contributed by atoms with Crippen molar-refractivity contribution in [2.24, 2.45) is 0 Å². The Labute approximate surface area is 130 Å². The minimum absolute atomic E-state index is 0.0977. The number of hydrogen-bond acceptors (Lipinski definition) is 4. The van der Waals surface area contributed by atoms with Gasteiger partial charge in [-0.05, 0) is 38.5 Å². The first-order valence-electron chi connectivity index (χ1n) is 7.09. The highest BCUT2D eigenvalue weighted by Crippen LogP contribution is 2.31. The van der Waals surface area contributed by atoms with Crippen LogP contribution in [0.2, 0.25) is 0 Å². The molecule has 0 heterocycles. The highest BCUT2D eigenvalue weighted by Gasteiger charge is 2.22. The third kappa shape index (κ3) is 4.25. The summed E-state index contributed by atoms with van der Waals surface area (Å²) in [5, 5.41) is 10.2. The van der Waals surface area contributed by atoms with E-state index in [-0.39, 0.29) is 17.1 Å². The Balaban J connectivity index is 2.14. The van der Waals surface area contributed by atoms with Crippen molar-refractivity contribution in [3.63, 3.8) is 0 Å². The molecule has 2 rings (SSSR count). The molecule has 0 radical (unpaired) electrons. The molecule has 0 saturated carbocycles. The average Bonchev–Trinajstić information content (AvgIpc) is 2.45. The van der Waals surface area contributed by atoms with Gasteiger partial charge >= 0.3 is 5.97 Å². The summed E-state index contributed by atoms with van der Waals surface area (Å²) >= 11 is 0. The Bertz CT molecular complexity index is 642.